The van der Waals surface area contributed by atoms with E-state index >= 15 is 0 Å². The number of aryl methyl sites for hydroxylation is 1. The Morgan fingerprint density at radius 3 is 2.62 bits per heavy atom. The summed E-state index contributed by atoms with van der Waals surface area (Å²) in [5.41, 5.74) is 1.55. The van der Waals surface area contributed by atoms with Crippen LogP contribution in [0.3, 0.4) is 0 Å². The van der Waals surface area contributed by atoms with Crippen molar-refractivity contribution in [1.82, 2.24) is 0 Å². The first kappa shape index (κ1) is 17.4. The van der Waals surface area contributed by atoms with Crippen molar-refractivity contribution >= 4 is 5.97 Å². The fourth-order valence-electron chi connectivity index (χ4n) is 4.21. The van der Waals surface area contributed by atoms with Crippen LogP contribution in [0, 0.1) is 23.6 Å². The highest BCUT2D eigenvalue weighted by Gasteiger charge is 2.37. The van der Waals surface area contributed by atoms with Gasteiger partial charge in [-0.3, -0.25) is 4.79 Å². The number of ether oxygens (including phenoxy) is 1. The summed E-state index contributed by atoms with van der Waals surface area (Å²) in [6.45, 7) is 4.41. The van der Waals surface area contributed by atoms with E-state index in [0.29, 0.717) is 24.3 Å². The van der Waals surface area contributed by atoms with Crippen LogP contribution in [-0.4, -0.2) is 5.97 Å². The fraction of sp³-hybridized carbons (Fsp3) is 0.667. The first-order valence-corrected chi connectivity index (χ1v) is 9.62. The van der Waals surface area contributed by atoms with Crippen LogP contribution >= 0.6 is 0 Å². The number of hydrogen-bond acceptors (Lipinski definition) is 2. The third-order valence-electron chi connectivity index (χ3n) is 5.88. The van der Waals surface area contributed by atoms with Gasteiger partial charge in [-0.25, -0.2) is 4.39 Å². The summed E-state index contributed by atoms with van der Waals surface area (Å²) in [6, 6.07) is 3.87. The molecule has 1 aromatic carbocycles. The highest BCUT2D eigenvalue weighted by Crippen LogP contribution is 2.40. The van der Waals surface area contributed by atoms with Gasteiger partial charge in [-0.2, -0.15) is 0 Å². The summed E-state index contributed by atoms with van der Waals surface area (Å²) in [5.74, 6) is 0.745. The van der Waals surface area contributed by atoms with E-state index in [1.165, 1.54) is 12.8 Å². The molecule has 0 spiro atoms. The lowest BCUT2D eigenvalue weighted by Gasteiger charge is -2.34. The Bertz CT molecular complexity index is 588. The molecule has 1 atom stereocenters. The first-order valence-electron chi connectivity index (χ1n) is 9.62. The number of rotatable bonds is 5. The van der Waals surface area contributed by atoms with Crippen LogP contribution in [-0.2, 0) is 17.6 Å². The third-order valence-corrected chi connectivity index (χ3v) is 5.88. The zero-order valence-corrected chi connectivity index (χ0v) is 14.9. The number of benzene rings is 1. The molecule has 3 heteroatoms. The number of unbranched alkanes of at least 4 members (excludes halogenated alkanes) is 2. The number of fused-ring (bicyclic) bond motifs is 1. The number of halogens is 1. The lowest BCUT2D eigenvalue weighted by Crippen LogP contribution is -2.35. The summed E-state index contributed by atoms with van der Waals surface area (Å²) < 4.78 is 20.2. The van der Waals surface area contributed by atoms with E-state index in [0.717, 1.165) is 43.6 Å². The highest BCUT2D eigenvalue weighted by atomic mass is 19.1. The summed E-state index contributed by atoms with van der Waals surface area (Å²) in [4.78, 5) is 12.5. The Hall–Kier alpha value is -1.38. The number of hydrogen-bond donors (Lipinski definition) is 0. The SMILES string of the molecule is CCCCCc1ccc2c(c1F)OC(=O)C(C1CCC(C)CC1)C2. The van der Waals surface area contributed by atoms with E-state index in [4.69, 9.17) is 4.74 Å². The van der Waals surface area contributed by atoms with E-state index in [1.807, 2.05) is 12.1 Å². The fourth-order valence-corrected chi connectivity index (χ4v) is 4.21. The minimum absolute atomic E-state index is 0.0876. The smallest absolute Gasteiger partial charge is 0.315 e. The molecule has 1 saturated carbocycles. The second kappa shape index (κ2) is 7.67. The van der Waals surface area contributed by atoms with Gasteiger partial charge in [-0.1, -0.05) is 51.7 Å². The largest absolute Gasteiger partial charge is 0.423 e. The van der Waals surface area contributed by atoms with Crippen LogP contribution in [0.2, 0.25) is 0 Å². The normalized spacial score (nSPS) is 26.8. The van der Waals surface area contributed by atoms with E-state index in [1.54, 1.807) is 0 Å². The van der Waals surface area contributed by atoms with Gasteiger partial charge in [0.2, 0.25) is 0 Å². The standard InChI is InChI=1S/C21H29FO2/c1-3-4-5-6-16-11-12-17-13-18(15-9-7-14(2)8-10-15)21(23)24-20(17)19(16)22/h11-12,14-15,18H,3-10,13H2,1-2H3. The molecule has 0 aromatic heterocycles. The van der Waals surface area contributed by atoms with Crippen molar-refractivity contribution in [1.29, 1.82) is 0 Å². The lowest BCUT2D eigenvalue weighted by atomic mass is 9.73. The van der Waals surface area contributed by atoms with Crippen molar-refractivity contribution in [2.75, 3.05) is 0 Å². The molecule has 3 rings (SSSR count). The molecule has 0 radical (unpaired) electrons. The topological polar surface area (TPSA) is 26.3 Å². The molecule has 132 valence electrons. The molecule has 24 heavy (non-hydrogen) atoms. The first-order chi connectivity index (χ1) is 11.6. The van der Waals surface area contributed by atoms with E-state index in [2.05, 4.69) is 13.8 Å². The van der Waals surface area contributed by atoms with Crippen LogP contribution in [0.1, 0.15) is 69.9 Å². The van der Waals surface area contributed by atoms with Crippen LogP contribution in [0.25, 0.3) is 0 Å². The molecule has 1 heterocycles. The Labute approximate surface area is 144 Å². The highest BCUT2D eigenvalue weighted by molar-refractivity contribution is 5.78. The zero-order chi connectivity index (χ0) is 17.1. The molecule has 2 nitrogen and oxygen atoms in total. The molecule has 0 bridgehead atoms. The monoisotopic (exact) mass is 332 g/mol. The Balaban J connectivity index is 1.73. The van der Waals surface area contributed by atoms with E-state index in [-0.39, 0.29) is 23.5 Å². The zero-order valence-electron chi connectivity index (χ0n) is 14.9. The molecule has 1 unspecified atom stereocenters. The molecule has 1 fully saturated rings. The van der Waals surface area contributed by atoms with Crippen molar-refractivity contribution in [2.24, 2.45) is 17.8 Å². The summed E-state index contributed by atoms with van der Waals surface area (Å²) in [7, 11) is 0. The van der Waals surface area contributed by atoms with Crippen LogP contribution < -0.4 is 4.74 Å². The number of carbonyl (C=O) groups excluding carboxylic acids is 1. The van der Waals surface area contributed by atoms with Gasteiger partial charge in [0.1, 0.15) is 0 Å². The van der Waals surface area contributed by atoms with Crippen molar-refractivity contribution in [2.45, 2.75) is 71.6 Å². The average Bonchev–Trinajstić information content (AvgIpc) is 2.58. The average molecular weight is 332 g/mol. The third kappa shape index (κ3) is 3.65. The van der Waals surface area contributed by atoms with Crippen molar-refractivity contribution in [3.8, 4) is 5.75 Å². The van der Waals surface area contributed by atoms with Crippen molar-refractivity contribution in [3.63, 3.8) is 0 Å². The van der Waals surface area contributed by atoms with Gasteiger partial charge < -0.3 is 4.74 Å². The maximum Gasteiger partial charge on any atom is 0.315 e. The molecular weight excluding hydrogens is 303 g/mol. The van der Waals surface area contributed by atoms with E-state index < -0.39 is 0 Å². The van der Waals surface area contributed by atoms with Gasteiger partial charge in [0.05, 0.1) is 5.92 Å². The van der Waals surface area contributed by atoms with Crippen molar-refractivity contribution < 1.29 is 13.9 Å². The molecule has 0 amide bonds. The van der Waals surface area contributed by atoms with Crippen molar-refractivity contribution in [3.05, 3.63) is 29.1 Å². The van der Waals surface area contributed by atoms with Crippen LogP contribution in [0.5, 0.6) is 5.75 Å². The number of esters is 1. The minimum atomic E-state index is -0.312. The van der Waals surface area contributed by atoms with Gasteiger partial charge in [-0.05, 0) is 55.1 Å². The van der Waals surface area contributed by atoms with E-state index in [9.17, 15) is 9.18 Å². The van der Waals surface area contributed by atoms with Gasteiger partial charge >= 0.3 is 5.97 Å². The second-order valence-corrected chi connectivity index (χ2v) is 7.74. The van der Waals surface area contributed by atoms with Gasteiger partial charge in [0, 0.05) is 0 Å². The summed E-state index contributed by atoms with van der Waals surface area (Å²) in [5, 5.41) is 0. The molecule has 1 aromatic rings. The molecule has 2 aliphatic rings. The number of carbonyl (C=O) groups is 1. The predicted octanol–water partition coefficient (Wildman–Crippen LogP) is 5.46. The second-order valence-electron chi connectivity index (χ2n) is 7.74. The molecule has 1 aliphatic carbocycles. The molecular formula is C21H29FO2. The predicted molar refractivity (Wildman–Crippen MR) is 93.6 cm³/mol. The Morgan fingerprint density at radius 2 is 1.92 bits per heavy atom. The summed E-state index contributed by atoms with van der Waals surface area (Å²) >= 11 is 0. The minimum Gasteiger partial charge on any atom is -0.423 e. The van der Waals surface area contributed by atoms with Gasteiger partial charge in [0.15, 0.2) is 11.6 Å². The van der Waals surface area contributed by atoms with Gasteiger partial charge in [0.25, 0.3) is 0 Å². The maximum atomic E-state index is 14.7. The maximum absolute atomic E-state index is 14.7. The molecule has 0 saturated heterocycles. The summed E-state index contributed by atoms with van der Waals surface area (Å²) in [6.07, 6.45) is 9.10. The van der Waals surface area contributed by atoms with Crippen LogP contribution in [0.4, 0.5) is 4.39 Å². The van der Waals surface area contributed by atoms with Crippen LogP contribution in [0.15, 0.2) is 12.1 Å². The Kier molecular flexibility index (Phi) is 5.57. The quantitative estimate of drug-likeness (QED) is 0.406. The lowest BCUT2D eigenvalue weighted by molar-refractivity contribution is -0.143. The molecule has 1 aliphatic heterocycles. The van der Waals surface area contributed by atoms with Gasteiger partial charge in [-0.15, -0.1) is 0 Å². The molecule has 0 N–H and O–H groups in total. The Morgan fingerprint density at radius 1 is 1.17 bits per heavy atom.